The number of aromatic nitrogens is 2. The van der Waals surface area contributed by atoms with Crippen LogP contribution in [0.4, 0.5) is 5.95 Å². The molecule has 3 rings (SSSR count). The van der Waals surface area contributed by atoms with Crippen LogP contribution in [0.2, 0.25) is 0 Å². The van der Waals surface area contributed by atoms with E-state index >= 15 is 0 Å². The van der Waals surface area contributed by atoms with E-state index in [0.29, 0.717) is 5.69 Å². The Kier molecular flexibility index (Phi) is 2.91. The number of aldehydes is 1. The third-order valence-corrected chi connectivity index (χ3v) is 3.78. The van der Waals surface area contributed by atoms with Crippen LogP contribution in [0, 0.1) is 0 Å². The number of nitrogens with one attached hydrogen (secondary N) is 1. The number of hydrogen-bond donors (Lipinski definition) is 1. The molecule has 2 aromatic rings. The van der Waals surface area contributed by atoms with Gasteiger partial charge in [0.05, 0.1) is 0 Å². The van der Waals surface area contributed by atoms with Crippen molar-refractivity contribution in [3.63, 3.8) is 0 Å². The number of fused-ring (bicyclic) bond motifs is 1. The van der Waals surface area contributed by atoms with Gasteiger partial charge >= 0.3 is 0 Å². The predicted molar refractivity (Wildman–Crippen MR) is 73.9 cm³/mol. The zero-order valence-corrected chi connectivity index (χ0v) is 11.3. The summed E-state index contributed by atoms with van der Waals surface area (Å²) in [4.78, 5) is 15.9. The highest BCUT2D eigenvalue weighted by Gasteiger charge is 2.21. The van der Waals surface area contributed by atoms with Crippen molar-refractivity contribution in [3.05, 3.63) is 34.4 Å². The summed E-state index contributed by atoms with van der Waals surface area (Å²) in [6, 6.07) is 7.81. The number of benzene rings is 1. The van der Waals surface area contributed by atoms with Crippen LogP contribution < -0.4 is 5.32 Å². The Balaban J connectivity index is 2.21. The largest absolute Gasteiger partial charge is 0.356 e. The van der Waals surface area contributed by atoms with Crippen molar-refractivity contribution in [2.45, 2.75) is 13.0 Å². The Morgan fingerprint density at radius 1 is 1.39 bits per heavy atom. The highest BCUT2D eigenvalue weighted by molar-refractivity contribution is 9.10. The van der Waals surface area contributed by atoms with Crippen molar-refractivity contribution in [2.24, 2.45) is 0 Å². The van der Waals surface area contributed by atoms with E-state index in [-0.39, 0.29) is 0 Å². The van der Waals surface area contributed by atoms with Crippen molar-refractivity contribution in [1.29, 1.82) is 0 Å². The summed E-state index contributed by atoms with van der Waals surface area (Å²) in [6.07, 6.45) is 1.90. The molecule has 1 aliphatic heterocycles. The molecular formula is C13H12BrN3O. The minimum absolute atomic E-state index is 0.643. The third-order valence-electron chi connectivity index (χ3n) is 3.09. The molecule has 0 bridgehead atoms. The number of anilines is 1. The Morgan fingerprint density at radius 3 is 3.00 bits per heavy atom. The average Bonchev–Trinajstić information content (AvgIpc) is 2.77. The second-order valence-corrected chi connectivity index (χ2v) is 5.05. The van der Waals surface area contributed by atoms with Crippen molar-refractivity contribution in [2.75, 3.05) is 11.9 Å². The smallest absolute Gasteiger partial charge is 0.203 e. The zero-order valence-electron chi connectivity index (χ0n) is 9.69. The molecule has 1 N–H and O–H groups in total. The monoisotopic (exact) mass is 305 g/mol. The van der Waals surface area contributed by atoms with Gasteiger partial charge in [-0.1, -0.05) is 34.1 Å². The number of carbonyl (C=O) groups is 1. The van der Waals surface area contributed by atoms with Crippen LogP contribution in [0.25, 0.3) is 11.3 Å². The lowest BCUT2D eigenvalue weighted by Crippen LogP contribution is -2.18. The van der Waals surface area contributed by atoms with Crippen molar-refractivity contribution < 1.29 is 4.79 Å². The van der Waals surface area contributed by atoms with E-state index in [9.17, 15) is 4.79 Å². The van der Waals surface area contributed by atoms with E-state index in [0.717, 1.165) is 47.5 Å². The van der Waals surface area contributed by atoms with E-state index in [1.165, 1.54) is 0 Å². The van der Waals surface area contributed by atoms with E-state index in [2.05, 4.69) is 26.2 Å². The second-order valence-electron chi connectivity index (χ2n) is 4.20. The maximum absolute atomic E-state index is 11.3. The lowest BCUT2D eigenvalue weighted by atomic mass is 10.1. The normalized spacial score (nSPS) is 13.8. The standard InChI is InChI=1S/C13H12BrN3O/c14-10-5-2-1-4-9(10)12-11(8-18)17-7-3-6-15-13(17)16-12/h1-2,4-5,8H,3,6-7H2,(H,15,16). The average molecular weight is 306 g/mol. The van der Waals surface area contributed by atoms with Crippen LogP contribution in [-0.4, -0.2) is 22.4 Å². The quantitative estimate of drug-likeness (QED) is 0.868. The number of hydrogen-bond acceptors (Lipinski definition) is 3. The van der Waals surface area contributed by atoms with Crippen LogP contribution in [0.15, 0.2) is 28.7 Å². The van der Waals surface area contributed by atoms with Gasteiger partial charge in [0.2, 0.25) is 5.95 Å². The number of halogens is 1. The number of rotatable bonds is 2. The lowest BCUT2D eigenvalue weighted by Gasteiger charge is -2.15. The molecule has 18 heavy (non-hydrogen) atoms. The predicted octanol–water partition coefficient (Wildman–Crippen LogP) is 2.94. The first-order chi connectivity index (χ1) is 8.81. The van der Waals surface area contributed by atoms with Gasteiger partial charge in [-0.2, -0.15) is 0 Å². The molecule has 1 aromatic heterocycles. The Labute approximate surface area is 113 Å². The molecule has 1 aliphatic rings. The molecule has 5 heteroatoms. The van der Waals surface area contributed by atoms with Gasteiger partial charge in [0.1, 0.15) is 11.4 Å². The van der Waals surface area contributed by atoms with Crippen molar-refractivity contribution in [3.8, 4) is 11.3 Å². The first-order valence-corrected chi connectivity index (χ1v) is 6.65. The summed E-state index contributed by atoms with van der Waals surface area (Å²) < 4.78 is 2.90. The molecule has 0 saturated carbocycles. The molecular weight excluding hydrogens is 294 g/mol. The number of carbonyl (C=O) groups excluding carboxylic acids is 1. The Hall–Kier alpha value is -1.62. The summed E-state index contributed by atoms with van der Waals surface area (Å²) in [5.41, 5.74) is 2.33. The maximum Gasteiger partial charge on any atom is 0.203 e. The molecule has 0 atom stereocenters. The Morgan fingerprint density at radius 2 is 2.22 bits per heavy atom. The second kappa shape index (κ2) is 4.57. The SMILES string of the molecule is O=Cc1c(-c2ccccc2Br)nc2n1CCCN2. The van der Waals surface area contributed by atoms with Gasteiger partial charge in [-0.05, 0) is 12.5 Å². The molecule has 4 nitrogen and oxygen atoms in total. The molecule has 2 heterocycles. The van der Waals surface area contributed by atoms with Gasteiger partial charge in [0, 0.05) is 23.1 Å². The van der Waals surface area contributed by atoms with Gasteiger partial charge in [0.15, 0.2) is 6.29 Å². The van der Waals surface area contributed by atoms with Crippen LogP contribution in [0.3, 0.4) is 0 Å². The minimum Gasteiger partial charge on any atom is -0.356 e. The fourth-order valence-electron chi connectivity index (χ4n) is 2.24. The van der Waals surface area contributed by atoms with Crippen LogP contribution in [-0.2, 0) is 6.54 Å². The molecule has 92 valence electrons. The van der Waals surface area contributed by atoms with E-state index in [1.54, 1.807) is 0 Å². The summed E-state index contributed by atoms with van der Waals surface area (Å²) >= 11 is 3.50. The number of nitrogens with zero attached hydrogens (tertiary/aromatic N) is 2. The van der Waals surface area contributed by atoms with E-state index < -0.39 is 0 Å². The molecule has 0 radical (unpaired) electrons. The van der Waals surface area contributed by atoms with Gasteiger partial charge in [-0.15, -0.1) is 0 Å². The van der Waals surface area contributed by atoms with Crippen LogP contribution >= 0.6 is 15.9 Å². The first kappa shape index (κ1) is 11.5. The molecule has 0 saturated heterocycles. The Bertz CT molecular complexity index is 606. The molecule has 0 unspecified atom stereocenters. The summed E-state index contributed by atoms with van der Waals surface area (Å²) in [7, 11) is 0. The van der Waals surface area contributed by atoms with Crippen LogP contribution in [0.1, 0.15) is 16.9 Å². The van der Waals surface area contributed by atoms with Crippen molar-refractivity contribution >= 4 is 28.2 Å². The lowest BCUT2D eigenvalue weighted by molar-refractivity contribution is 0.111. The molecule has 0 fully saturated rings. The van der Waals surface area contributed by atoms with Crippen molar-refractivity contribution in [1.82, 2.24) is 9.55 Å². The van der Waals surface area contributed by atoms with Gasteiger partial charge in [-0.3, -0.25) is 4.79 Å². The molecule has 1 aromatic carbocycles. The third kappa shape index (κ3) is 1.75. The van der Waals surface area contributed by atoms with Gasteiger partial charge < -0.3 is 9.88 Å². The topological polar surface area (TPSA) is 46.9 Å². The summed E-state index contributed by atoms with van der Waals surface area (Å²) in [5.74, 6) is 0.786. The summed E-state index contributed by atoms with van der Waals surface area (Å²) in [5, 5.41) is 3.22. The molecule has 0 aliphatic carbocycles. The highest BCUT2D eigenvalue weighted by Crippen LogP contribution is 2.32. The minimum atomic E-state index is 0.643. The maximum atomic E-state index is 11.3. The van der Waals surface area contributed by atoms with E-state index in [1.807, 2.05) is 28.8 Å². The zero-order chi connectivity index (χ0) is 12.5. The first-order valence-electron chi connectivity index (χ1n) is 5.85. The van der Waals surface area contributed by atoms with E-state index in [4.69, 9.17) is 0 Å². The summed E-state index contributed by atoms with van der Waals surface area (Å²) in [6.45, 7) is 1.75. The fraction of sp³-hybridized carbons (Fsp3) is 0.231. The van der Waals surface area contributed by atoms with Gasteiger partial charge in [0.25, 0.3) is 0 Å². The number of imidazole rings is 1. The highest BCUT2D eigenvalue weighted by atomic mass is 79.9. The van der Waals surface area contributed by atoms with Crippen LogP contribution in [0.5, 0.6) is 0 Å². The fourth-order valence-corrected chi connectivity index (χ4v) is 2.71. The molecule has 0 spiro atoms. The molecule has 0 amide bonds. The van der Waals surface area contributed by atoms with Gasteiger partial charge in [-0.25, -0.2) is 4.98 Å².